The highest BCUT2D eigenvalue weighted by atomic mass is 16.3. The highest BCUT2D eigenvalue weighted by Crippen LogP contribution is 2.30. The first-order valence-electron chi connectivity index (χ1n) is 7.49. The molecule has 0 amide bonds. The molecule has 1 aromatic carbocycles. The number of hydrogen-bond donors (Lipinski definition) is 2. The van der Waals surface area contributed by atoms with Gasteiger partial charge in [0.05, 0.1) is 12.1 Å². The molecule has 1 heterocycles. The van der Waals surface area contributed by atoms with Gasteiger partial charge in [0.2, 0.25) is 0 Å². The summed E-state index contributed by atoms with van der Waals surface area (Å²) in [6.07, 6.45) is 5.07. The van der Waals surface area contributed by atoms with E-state index in [1.54, 1.807) is 0 Å². The Hall–Kier alpha value is -0.900. The van der Waals surface area contributed by atoms with Gasteiger partial charge in [0, 0.05) is 12.6 Å². The first-order chi connectivity index (χ1) is 9.32. The van der Waals surface area contributed by atoms with Gasteiger partial charge in [-0.15, -0.1) is 0 Å². The summed E-state index contributed by atoms with van der Waals surface area (Å²) in [5.41, 5.74) is 0.934. The molecule has 1 aromatic rings. The number of nitrogens with zero attached hydrogens (tertiary/aromatic N) is 1. The number of nitrogens with one attached hydrogen (secondary N) is 1. The first kappa shape index (κ1) is 13.1. The van der Waals surface area contributed by atoms with E-state index < -0.39 is 0 Å². The van der Waals surface area contributed by atoms with Gasteiger partial charge < -0.3 is 15.3 Å². The third kappa shape index (κ3) is 2.99. The van der Waals surface area contributed by atoms with Crippen molar-refractivity contribution in [3.63, 3.8) is 0 Å². The van der Waals surface area contributed by atoms with Crippen molar-refractivity contribution < 1.29 is 5.11 Å². The van der Waals surface area contributed by atoms with Crippen molar-refractivity contribution in [3.8, 4) is 0 Å². The molecule has 0 aromatic heterocycles. The molecule has 1 saturated heterocycles. The van der Waals surface area contributed by atoms with Gasteiger partial charge in [-0.3, -0.25) is 0 Å². The van der Waals surface area contributed by atoms with Crippen molar-refractivity contribution in [1.29, 1.82) is 0 Å². The third-order valence-electron chi connectivity index (χ3n) is 4.35. The lowest BCUT2D eigenvalue weighted by Crippen LogP contribution is -2.54. The third-order valence-corrected chi connectivity index (χ3v) is 4.35. The minimum Gasteiger partial charge on any atom is -0.394 e. The summed E-state index contributed by atoms with van der Waals surface area (Å²) < 4.78 is 0. The van der Waals surface area contributed by atoms with Crippen LogP contribution in [0.3, 0.4) is 0 Å². The topological polar surface area (TPSA) is 35.5 Å². The second kappa shape index (κ2) is 5.61. The van der Waals surface area contributed by atoms with Crippen molar-refractivity contribution in [3.05, 3.63) is 35.9 Å². The molecule has 1 saturated carbocycles. The Kier molecular flexibility index (Phi) is 3.87. The predicted octanol–water partition coefficient (Wildman–Crippen LogP) is 1.72. The van der Waals surface area contributed by atoms with Gasteiger partial charge in [0.25, 0.3) is 0 Å². The second-order valence-corrected chi connectivity index (χ2v) is 6.01. The normalized spacial score (nSPS) is 23.4. The van der Waals surface area contributed by atoms with Gasteiger partial charge in [-0.2, -0.15) is 0 Å². The molecule has 2 aliphatic rings. The molecule has 2 fully saturated rings. The summed E-state index contributed by atoms with van der Waals surface area (Å²) in [4.78, 5) is 2.48. The number of aliphatic hydroxyl groups excluding tert-OH is 1. The van der Waals surface area contributed by atoms with E-state index in [0.717, 1.165) is 6.54 Å². The van der Waals surface area contributed by atoms with Gasteiger partial charge in [-0.25, -0.2) is 0 Å². The standard InChI is InChI=1S/C16H24N2O/c19-13-16(17-15-8-9-15,12-18-10-4-5-11-18)14-6-2-1-3-7-14/h1-3,6-7,15,17,19H,4-5,8-13H2. The molecular formula is C16H24N2O. The minimum absolute atomic E-state index is 0.171. The Morgan fingerprint density at radius 2 is 1.84 bits per heavy atom. The lowest BCUT2D eigenvalue weighted by Gasteiger charge is -2.37. The summed E-state index contributed by atoms with van der Waals surface area (Å²) in [6, 6.07) is 11.0. The van der Waals surface area contributed by atoms with Crippen LogP contribution in [0.1, 0.15) is 31.2 Å². The SMILES string of the molecule is OCC(CN1CCCC1)(NC1CC1)c1ccccc1. The molecule has 0 spiro atoms. The maximum absolute atomic E-state index is 10.1. The highest BCUT2D eigenvalue weighted by molar-refractivity contribution is 5.26. The number of benzene rings is 1. The van der Waals surface area contributed by atoms with Crippen molar-refractivity contribution in [2.24, 2.45) is 0 Å². The van der Waals surface area contributed by atoms with Crippen LogP contribution >= 0.6 is 0 Å². The number of likely N-dealkylation sites (tertiary alicyclic amines) is 1. The van der Waals surface area contributed by atoms with E-state index in [-0.39, 0.29) is 12.1 Å². The molecule has 1 aliphatic carbocycles. The molecule has 1 unspecified atom stereocenters. The summed E-state index contributed by atoms with van der Waals surface area (Å²) >= 11 is 0. The minimum atomic E-state index is -0.285. The average molecular weight is 260 g/mol. The van der Waals surface area contributed by atoms with Crippen LogP contribution in [0.15, 0.2) is 30.3 Å². The van der Waals surface area contributed by atoms with E-state index >= 15 is 0 Å². The van der Waals surface area contributed by atoms with E-state index in [0.29, 0.717) is 6.04 Å². The predicted molar refractivity (Wildman–Crippen MR) is 77.0 cm³/mol. The molecule has 104 valence electrons. The number of rotatable bonds is 6. The lowest BCUT2D eigenvalue weighted by molar-refractivity contribution is 0.115. The first-order valence-corrected chi connectivity index (χ1v) is 7.49. The highest BCUT2D eigenvalue weighted by Gasteiger charge is 2.38. The maximum Gasteiger partial charge on any atom is 0.0799 e. The van der Waals surface area contributed by atoms with E-state index in [2.05, 4.69) is 34.5 Å². The Bertz CT molecular complexity index is 398. The summed E-state index contributed by atoms with van der Waals surface area (Å²) in [5.74, 6) is 0. The maximum atomic E-state index is 10.1. The molecule has 3 rings (SSSR count). The summed E-state index contributed by atoms with van der Waals surface area (Å²) in [5, 5.41) is 13.8. The zero-order chi connectivity index (χ0) is 13.1. The van der Waals surface area contributed by atoms with Crippen LogP contribution in [-0.2, 0) is 5.54 Å². The lowest BCUT2D eigenvalue weighted by atomic mass is 9.89. The smallest absolute Gasteiger partial charge is 0.0799 e. The van der Waals surface area contributed by atoms with Crippen molar-refractivity contribution in [2.75, 3.05) is 26.2 Å². The second-order valence-electron chi connectivity index (χ2n) is 6.01. The van der Waals surface area contributed by atoms with Crippen LogP contribution in [-0.4, -0.2) is 42.3 Å². The monoisotopic (exact) mass is 260 g/mol. The van der Waals surface area contributed by atoms with Crippen molar-refractivity contribution in [2.45, 2.75) is 37.3 Å². The van der Waals surface area contributed by atoms with Crippen LogP contribution in [0.4, 0.5) is 0 Å². The molecule has 3 heteroatoms. The van der Waals surface area contributed by atoms with Gasteiger partial charge >= 0.3 is 0 Å². The van der Waals surface area contributed by atoms with Crippen LogP contribution in [0.25, 0.3) is 0 Å². The van der Waals surface area contributed by atoms with Crippen LogP contribution in [0.2, 0.25) is 0 Å². The Balaban J connectivity index is 1.83. The fourth-order valence-corrected chi connectivity index (χ4v) is 3.11. The molecule has 3 nitrogen and oxygen atoms in total. The van der Waals surface area contributed by atoms with E-state index in [4.69, 9.17) is 0 Å². The molecule has 0 bridgehead atoms. The van der Waals surface area contributed by atoms with Crippen LogP contribution in [0, 0.1) is 0 Å². The molecule has 1 atom stereocenters. The Morgan fingerprint density at radius 3 is 2.42 bits per heavy atom. The quantitative estimate of drug-likeness (QED) is 0.817. The largest absolute Gasteiger partial charge is 0.394 e. The fraction of sp³-hybridized carbons (Fsp3) is 0.625. The van der Waals surface area contributed by atoms with Crippen molar-refractivity contribution >= 4 is 0 Å². The van der Waals surface area contributed by atoms with E-state index in [9.17, 15) is 5.11 Å². The molecule has 1 aliphatic heterocycles. The zero-order valence-electron chi connectivity index (χ0n) is 11.5. The van der Waals surface area contributed by atoms with Gasteiger partial charge in [-0.1, -0.05) is 30.3 Å². The summed E-state index contributed by atoms with van der Waals surface area (Å²) in [6.45, 7) is 3.43. The van der Waals surface area contributed by atoms with Crippen LogP contribution < -0.4 is 5.32 Å². The van der Waals surface area contributed by atoms with Crippen molar-refractivity contribution in [1.82, 2.24) is 10.2 Å². The summed E-state index contributed by atoms with van der Waals surface area (Å²) in [7, 11) is 0. The molecular weight excluding hydrogens is 236 g/mol. The Morgan fingerprint density at radius 1 is 1.16 bits per heavy atom. The zero-order valence-corrected chi connectivity index (χ0v) is 11.5. The molecule has 0 radical (unpaired) electrons. The van der Waals surface area contributed by atoms with Gasteiger partial charge in [0.15, 0.2) is 0 Å². The van der Waals surface area contributed by atoms with E-state index in [1.807, 2.05) is 6.07 Å². The number of hydrogen-bond acceptors (Lipinski definition) is 3. The van der Waals surface area contributed by atoms with Gasteiger partial charge in [-0.05, 0) is 44.3 Å². The number of aliphatic hydroxyl groups is 1. The van der Waals surface area contributed by atoms with Gasteiger partial charge in [0.1, 0.15) is 0 Å². The van der Waals surface area contributed by atoms with E-state index in [1.165, 1.54) is 44.3 Å². The molecule has 2 N–H and O–H groups in total. The molecule has 19 heavy (non-hydrogen) atoms. The van der Waals surface area contributed by atoms with Crippen LogP contribution in [0.5, 0.6) is 0 Å². The Labute approximate surface area is 115 Å². The average Bonchev–Trinajstić information content (AvgIpc) is 3.12. The fourth-order valence-electron chi connectivity index (χ4n) is 3.11.